The molecule has 0 aliphatic heterocycles. The fourth-order valence-electron chi connectivity index (χ4n) is 1.72. The van der Waals surface area contributed by atoms with E-state index in [0.717, 1.165) is 24.3 Å². The Bertz CT molecular complexity index is 517. The van der Waals surface area contributed by atoms with Gasteiger partial charge in [0.15, 0.2) is 0 Å². The third-order valence-corrected chi connectivity index (χ3v) is 3.98. The highest BCUT2D eigenvalue weighted by Crippen LogP contribution is 2.24. The van der Waals surface area contributed by atoms with Gasteiger partial charge in [-0.1, -0.05) is 24.6 Å². The lowest BCUT2D eigenvalue weighted by molar-refractivity contribution is 0.601. The number of hydrogen-bond acceptors (Lipinski definition) is 4. The van der Waals surface area contributed by atoms with E-state index < -0.39 is 9.84 Å². The molecule has 1 rings (SSSR count). The van der Waals surface area contributed by atoms with Crippen LogP contribution in [0.2, 0.25) is 5.02 Å². The number of nitrogens with one attached hydrogen (secondary N) is 1. The molecule has 108 valence electrons. The smallest absolute Gasteiger partial charge is 0.149 e. The van der Waals surface area contributed by atoms with Crippen LogP contribution in [0, 0.1) is 0 Å². The van der Waals surface area contributed by atoms with Gasteiger partial charge in [0.05, 0.1) is 5.75 Å². The number of nitrogens with zero attached hydrogens (tertiary/aromatic N) is 1. The second-order valence-electron chi connectivity index (χ2n) is 4.60. The summed E-state index contributed by atoms with van der Waals surface area (Å²) >= 11 is 6.02. The van der Waals surface area contributed by atoms with Gasteiger partial charge in [-0.25, -0.2) is 8.42 Å². The first-order chi connectivity index (χ1) is 8.83. The molecular formula is C13H21ClN2O2S. The second kappa shape index (κ2) is 7.12. The Balaban J connectivity index is 2.86. The lowest BCUT2D eigenvalue weighted by Gasteiger charge is -2.22. The third-order valence-electron chi connectivity index (χ3n) is 2.82. The van der Waals surface area contributed by atoms with E-state index in [1.165, 1.54) is 6.26 Å². The minimum Gasteiger partial charge on any atom is -0.373 e. The summed E-state index contributed by atoms with van der Waals surface area (Å²) in [5, 5.41) is 3.92. The minimum absolute atomic E-state index is 0.136. The SMILES string of the molecule is CCNCc1ccc(Cl)cc1N(C)CCS(C)(=O)=O. The molecular weight excluding hydrogens is 284 g/mol. The van der Waals surface area contributed by atoms with Crippen LogP contribution < -0.4 is 10.2 Å². The molecule has 0 aliphatic rings. The second-order valence-corrected chi connectivity index (χ2v) is 7.30. The van der Waals surface area contributed by atoms with Crippen LogP contribution in [0.1, 0.15) is 12.5 Å². The van der Waals surface area contributed by atoms with Crippen molar-refractivity contribution < 1.29 is 8.42 Å². The number of benzene rings is 1. The number of anilines is 1. The first-order valence-corrected chi connectivity index (χ1v) is 8.65. The van der Waals surface area contributed by atoms with E-state index in [-0.39, 0.29) is 5.75 Å². The maximum Gasteiger partial charge on any atom is 0.149 e. The van der Waals surface area contributed by atoms with Gasteiger partial charge >= 0.3 is 0 Å². The van der Waals surface area contributed by atoms with Crippen molar-refractivity contribution in [3.05, 3.63) is 28.8 Å². The average Bonchev–Trinajstić information content (AvgIpc) is 2.33. The zero-order chi connectivity index (χ0) is 14.5. The first-order valence-electron chi connectivity index (χ1n) is 6.21. The summed E-state index contributed by atoms with van der Waals surface area (Å²) in [5.74, 6) is 0.136. The van der Waals surface area contributed by atoms with Gasteiger partial charge in [-0.3, -0.25) is 0 Å². The summed E-state index contributed by atoms with van der Waals surface area (Å²) in [6, 6.07) is 5.69. The topological polar surface area (TPSA) is 49.4 Å². The summed E-state index contributed by atoms with van der Waals surface area (Å²) in [6.45, 7) is 4.13. The van der Waals surface area contributed by atoms with Gasteiger partial charge in [0.2, 0.25) is 0 Å². The zero-order valence-electron chi connectivity index (χ0n) is 11.6. The van der Waals surface area contributed by atoms with Crippen LogP contribution in [0.25, 0.3) is 0 Å². The van der Waals surface area contributed by atoms with Crippen molar-refractivity contribution in [1.82, 2.24) is 5.32 Å². The fraction of sp³-hybridized carbons (Fsp3) is 0.538. The normalized spacial score (nSPS) is 11.6. The van der Waals surface area contributed by atoms with E-state index in [2.05, 4.69) is 5.32 Å². The predicted molar refractivity (Wildman–Crippen MR) is 81.8 cm³/mol. The van der Waals surface area contributed by atoms with Crippen molar-refractivity contribution in [3.63, 3.8) is 0 Å². The van der Waals surface area contributed by atoms with Crippen molar-refractivity contribution in [3.8, 4) is 0 Å². The molecule has 0 saturated carbocycles. The predicted octanol–water partition coefficient (Wildman–Crippen LogP) is 1.93. The van der Waals surface area contributed by atoms with Crippen LogP contribution in [0.15, 0.2) is 18.2 Å². The van der Waals surface area contributed by atoms with Gasteiger partial charge in [-0.2, -0.15) is 0 Å². The number of sulfone groups is 1. The van der Waals surface area contributed by atoms with Crippen LogP contribution in [-0.2, 0) is 16.4 Å². The molecule has 19 heavy (non-hydrogen) atoms. The maximum atomic E-state index is 11.2. The molecule has 0 atom stereocenters. The molecule has 0 spiro atoms. The molecule has 0 aliphatic carbocycles. The van der Waals surface area contributed by atoms with Gasteiger partial charge in [-0.15, -0.1) is 0 Å². The van der Waals surface area contributed by atoms with Crippen LogP contribution in [0.4, 0.5) is 5.69 Å². The lowest BCUT2D eigenvalue weighted by Crippen LogP contribution is -2.26. The Kier molecular flexibility index (Phi) is 6.10. The van der Waals surface area contributed by atoms with Crippen LogP contribution in [0.3, 0.4) is 0 Å². The zero-order valence-corrected chi connectivity index (χ0v) is 13.2. The Morgan fingerprint density at radius 2 is 2.05 bits per heavy atom. The van der Waals surface area contributed by atoms with Crippen molar-refractivity contribution in [2.24, 2.45) is 0 Å². The third kappa shape index (κ3) is 5.80. The largest absolute Gasteiger partial charge is 0.373 e. The number of rotatable bonds is 7. The van der Waals surface area contributed by atoms with Gasteiger partial charge in [0.1, 0.15) is 9.84 Å². The highest BCUT2D eigenvalue weighted by atomic mass is 35.5. The summed E-state index contributed by atoms with van der Waals surface area (Å²) in [6.07, 6.45) is 1.25. The van der Waals surface area contributed by atoms with Crippen molar-refractivity contribution >= 4 is 27.1 Å². The molecule has 0 bridgehead atoms. The molecule has 0 fully saturated rings. The molecule has 1 aromatic carbocycles. The summed E-state index contributed by atoms with van der Waals surface area (Å²) < 4.78 is 22.5. The molecule has 0 amide bonds. The Hall–Kier alpha value is -0.780. The molecule has 1 N–H and O–H groups in total. The molecule has 0 radical (unpaired) electrons. The average molecular weight is 305 g/mol. The van der Waals surface area contributed by atoms with Crippen molar-refractivity contribution in [2.45, 2.75) is 13.5 Å². The molecule has 1 aromatic rings. The van der Waals surface area contributed by atoms with Gasteiger partial charge < -0.3 is 10.2 Å². The molecule has 0 unspecified atom stereocenters. The van der Waals surface area contributed by atoms with E-state index in [0.29, 0.717) is 11.6 Å². The Morgan fingerprint density at radius 3 is 2.63 bits per heavy atom. The highest BCUT2D eigenvalue weighted by molar-refractivity contribution is 7.90. The molecule has 6 heteroatoms. The molecule has 0 saturated heterocycles. The van der Waals surface area contributed by atoms with E-state index >= 15 is 0 Å². The van der Waals surface area contributed by atoms with Crippen molar-refractivity contribution in [2.75, 3.05) is 37.0 Å². The van der Waals surface area contributed by atoms with Crippen molar-refractivity contribution in [1.29, 1.82) is 0 Å². The maximum absolute atomic E-state index is 11.2. The van der Waals surface area contributed by atoms with E-state index in [4.69, 9.17) is 11.6 Å². The standard InChI is InChI=1S/C13H21ClN2O2S/c1-4-15-10-11-5-6-12(14)9-13(11)16(2)7-8-19(3,17)18/h5-6,9,15H,4,7-8,10H2,1-3H3. The van der Waals surface area contributed by atoms with Gasteiger partial charge in [0, 0.05) is 37.1 Å². The first kappa shape index (κ1) is 16.3. The Morgan fingerprint density at radius 1 is 1.37 bits per heavy atom. The molecule has 0 aromatic heterocycles. The monoisotopic (exact) mass is 304 g/mol. The van der Waals surface area contributed by atoms with E-state index in [1.54, 1.807) is 0 Å². The molecule has 0 heterocycles. The fourth-order valence-corrected chi connectivity index (χ4v) is 2.50. The van der Waals surface area contributed by atoms with E-state index in [9.17, 15) is 8.42 Å². The highest BCUT2D eigenvalue weighted by Gasteiger charge is 2.10. The molecule has 4 nitrogen and oxygen atoms in total. The lowest BCUT2D eigenvalue weighted by atomic mass is 10.1. The van der Waals surface area contributed by atoms with E-state index in [1.807, 2.05) is 37.1 Å². The summed E-state index contributed by atoms with van der Waals surface area (Å²) in [7, 11) is -1.08. The van der Waals surface area contributed by atoms with Gasteiger partial charge in [0.25, 0.3) is 0 Å². The van der Waals surface area contributed by atoms with Crippen LogP contribution in [-0.4, -0.2) is 40.6 Å². The summed E-state index contributed by atoms with van der Waals surface area (Å²) in [4.78, 5) is 1.93. The Labute approximate surface area is 120 Å². The van der Waals surface area contributed by atoms with Crippen LogP contribution in [0.5, 0.6) is 0 Å². The van der Waals surface area contributed by atoms with Gasteiger partial charge in [-0.05, 0) is 24.2 Å². The number of hydrogen-bond donors (Lipinski definition) is 1. The quantitative estimate of drug-likeness (QED) is 0.836. The minimum atomic E-state index is -2.96. The van der Waals surface area contributed by atoms with Crippen LogP contribution >= 0.6 is 11.6 Å². The summed E-state index contributed by atoms with van der Waals surface area (Å²) in [5.41, 5.74) is 2.08. The number of halogens is 1.